The zero-order chi connectivity index (χ0) is 15.5. The van der Waals surface area contributed by atoms with E-state index in [4.69, 9.17) is 28.9 Å². The van der Waals surface area contributed by atoms with Gasteiger partial charge in [0.25, 0.3) is 0 Å². The molecule has 112 valence electrons. The fraction of sp³-hybridized carbons (Fsp3) is 0.294. The Morgan fingerprint density at radius 1 is 1.10 bits per heavy atom. The summed E-state index contributed by atoms with van der Waals surface area (Å²) >= 11 is 11.9. The van der Waals surface area contributed by atoms with Gasteiger partial charge >= 0.3 is 0 Å². The normalized spacial score (nSPS) is 14.0. The summed E-state index contributed by atoms with van der Waals surface area (Å²) < 4.78 is 13.6. The van der Waals surface area contributed by atoms with Crippen LogP contribution in [0.4, 0.5) is 4.39 Å². The first-order valence-electron chi connectivity index (χ1n) is 6.88. The molecule has 0 saturated carbocycles. The van der Waals surface area contributed by atoms with Crippen LogP contribution >= 0.6 is 23.2 Å². The smallest absolute Gasteiger partial charge is 0.142 e. The first-order valence-corrected chi connectivity index (χ1v) is 7.63. The summed E-state index contributed by atoms with van der Waals surface area (Å²) in [5.74, 6) is -0.490. The summed E-state index contributed by atoms with van der Waals surface area (Å²) in [7, 11) is 0. The first-order chi connectivity index (χ1) is 9.90. The standard InChI is InChI=1S/C17H18Cl2FN/c1-17(21,9-5-8-12-6-3-2-4-7-12)13-10-16(20)15(19)11-14(13)18/h2-4,6-7,10-11H,5,8-9,21H2,1H3. The van der Waals surface area contributed by atoms with Gasteiger partial charge in [0.15, 0.2) is 0 Å². The highest BCUT2D eigenvalue weighted by Crippen LogP contribution is 2.33. The average Bonchev–Trinajstić information content (AvgIpc) is 2.43. The van der Waals surface area contributed by atoms with Crippen LogP contribution in [0, 0.1) is 5.82 Å². The van der Waals surface area contributed by atoms with Crippen molar-refractivity contribution in [2.75, 3.05) is 0 Å². The summed E-state index contributed by atoms with van der Waals surface area (Å²) in [6.45, 7) is 1.87. The third-order valence-corrected chi connectivity index (χ3v) is 4.23. The fourth-order valence-electron chi connectivity index (χ4n) is 2.40. The Hall–Kier alpha value is -1.09. The van der Waals surface area contributed by atoms with Gasteiger partial charge < -0.3 is 5.73 Å². The molecule has 2 aromatic rings. The number of hydrogen-bond acceptors (Lipinski definition) is 1. The maximum Gasteiger partial charge on any atom is 0.142 e. The monoisotopic (exact) mass is 325 g/mol. The van der Waals surface area contributed by atoms with Gasteiger partial charge in [-0.25, -0.2) is 4.39 Å². The molecule has 4 heteroatoms. The van der Waals surface area contributed by atoms with Crippen LogP contribution < -0.4 is 5.73 Å². The lowest BCUT2D eigenvalue weighted by atomic mass is 9.87. The largest absolute Gasteiger partial charge is 0.322 e. The second-order valence-electron chi connectivity index (χ2n) is 5.50. The number of benzene rings is 2. The van der Waals surface area contributed by atoms with Crippen molar-refractivity contribution in [2.24, 2.45) is 5.73 Å². The minimum absolute atomic E-state index is 0.0174. The van der Waals surface area contributed by atoms with Crippen molar-refractivity contribution >= 4 is 23.2 Å². The van der Waals surface area contributed by atoms with E-state index in [-0.39, 0.29) is 5.02 Å². The third kappa shape index (κ3) is 4.19. The molecule has 0 aliphatic heterocycles. The van der Waals surface area contributed by atoms with Gasteiger partial charge in [-0.3, -0.25) is 0 Å². The van der Waals surface area contributed by atoms with E-state index < -0.39 is 11.4 Å². The van der Waals surface area contributed by atoms with Crippen LogP contribution in [-0.4, -0.2) is 0 Å². The molecule has 2 rings (SSSR count). The second kappa shape index (κ2) is 6.78. The van der Waals surface area contributed by atoms with Crippen LogP contribution in [0.25, 0.3) is 0 Å². The minimum atomic E-state index is -0.683. The maximum atomic E-state index is 13.6. The molecule has 0 saturated heterocycles. The zero-order valence-electron chi connectivity index (χ0n) is 11.9. The number of nitrogens with two attached hydrogens (primary N) is 1. The van der Waals surface area contributed by atoms with Crippen molar-refractivity contribution < 1.29 is 4.39 Å². The number of rotatable bonds is 5. The van der Waals surface area contributed by atoms with Crippen molar-refractivity contribution in [3.63, 3.8) is 0 Å². The van der Waals surface area contributed by atoms with E-state index in [1.807, 2.05) is 25.1 Å². The quantitative estimate of drug-likeness (QED) is 0.739. The van der Waals surface area contributed by atoms with E-state index in [0.717, 1.165) is 12.8 Å². The molecular formula is C17H18Cl2FN. The van der Waals surface area contributed by atoms with E-state index in [1.54, 1.807) is 0 Å². The number of hydrogen-bond donors (Lipinski definition) is 1. The van der Waals surface area contributed by atoms with Gasteiger partial charge in [0.1, 0.15) is 5.82 Å². The molecule has 0 aromatic heterocycles. The summed E-state index contributed by atoms with van der Waals surface area (Å²) in [6.07, 6.45) is 2.54. The molecule has 1 unspecified atom stereocenters. The molecule has 0 heterocycles. The molecule has 0 aliphatic carbocycles. The van der Waals surface area contributed by atoms with Crippen molar-refractivity contribution in [2.45, 2.75) is 31.7 Å². The predicted octanol–water partition coefficient (Wildman–Crippen LogP) is 5.33. The lowest BCUT2D eigenvalue weighted by Gasteiger charge is -2.26. The average molecular weight is 326 g/mol. The van der Waals surface area contributed by atoms with E-state index >= 15 is 0 Å². The van der Waals surface area contributed by atoms with E-state index in [1.165, 1.54) is 17.7 Å². The van der Waals surface area contributed by atoms with Crippen LogP contribution in [0.1, 0.15) is 30.9 Å². The van der Waals surface area contributed by atoms with Crippen molar-refractivity contribution in [1.29, 1.82) is 0 Å². The molecular weight excluding hydrogens is 308 g/mol. The summed E-state index contributed by atoms with van der Waals surface area (Å²) in [6, 6.07) is 13.0. The highest BCUT2D eigenvalue weighted by atomic mass is 35.5. The van der Waals surface area contributed by atoms with Gasteiger partial charge in [-0.1, -0.05) is 53.5 Å². The Morgan fingerprint density at radius 3 is 2.43 bits per heavy atom. The predicted molar refractivity (Wildman–Crippen MR) is 87.3 cm³/mol. The van der Waals surface area contributed by atoms with Crippen LogP contribution in [0.5, 0.6) is 0 Å². The van der Waals surface area contributed by atoms with Crippen LogP contribution in [0.15, 0.2) is 42.5 Å². The van der Waals surface area contributed by atoms with Gasteiger partial charge in [-0.15, -0.1) is 0 Å². The van der Waals surface area contributed by atoms with Crippen molar-refractivity contribution in [3.05, 3.63) is 69.5 Å². The SMILES string of the molecule is CC(N)(CCCc1ccccc1)c1cc(F)c(Cl)cc1Cl. The Morgan fingerprint density at radius 2 is 1.76 bits per heavy atom. The second-order valence-corrected chi connectivity index (χ2v) is 6.32. The zero-order valence-corrected chi connectivity index (χ0v) is 13.4. The molecule has 0 spiro atoms. The minimum Gasteiger partial charge on any atom is -0.322 e. The molecule has 0 fully saturated rings. The molecule has 2 N–H and O–H groups in total. The number of aryl methyl sites for hydroxylation is 1. The molecule has 2 aromatic carbocycles. The molecule has 0 radical (unpaired) electrons. The molecule has 1 atom stereocenters. The fourth-order valence-corrected chi connectivity index (χ4v) is 3.00. The van der Waals surface area contributed by atoms with Crippen LogP contribution in [0.3, 0.4) is 0 Å². The van der Waals surface area contributed by atoms with Gasteiger partial charge in [0, 0.05) is 10.6 Å². The van der Waals surface area contributed by atoms with E-state index in [2.05, 4.69) is 12.1 Å². The first kappa shape index (κ1) is 16.3. The lowest BCUT2D eigenvalue weighted by Crippen LogP contribution is -2.33. The Balaban J connectivity index is 2.06. The van der Waals surface area contributed by atoms with Crippen molar-refractivity contribution in [3.8, 4) is 0 Å². The molecule has 21 heavy (non-hydrogen) atoms. The molecule has 0 bridgehead atoms. The van der Waals surface area contributed by atoms with Gasteiger partial charge in [0.2, 0.25) is 0 Å². The molecule has 0 amide bonds. The summed E-state index contributed by atoms with van der Waals surface area (Å²) in [4.78, 5) is 0. The van der Waals surface area contributed by atoms with E-state index in [0.29, 0.717) is 17.0 Å². The Bertz CT molecular complexity index is 612. The van der Waals surface area contributed by atoms with Crippen LogP contribution in [0.2, 0.25) is 10.0 Å². The highest BCUT2D eigenvalue weighted by Gasteiger charge is 2.25. The summed E-state index contributed by atoms with van der Waals surface area (Å²) in [5.41, 5.74) is 7.51. The highest BCUT2D eigenvalue weighted by molar-refractivity contribution is 6.35. The third-order valence-electron chi connectivity index (χ3n) is 3.63. The van der Waals surface area contributed by atoms with Gasteiger partial charge in [-0.2, -0.15) is 0 Å². The molecule has 0 aliphatic rings. The lowest BCUT2D eigenvalue weighted by molar-refractivity contribution is 0.434. The van der Waals surface area contributed by atoms with Gasteiger partial charge in [-0.05, 0) is 49.4 Å². The Kier molecular flexibility index (Phi) is 5.26. The molecule has 1 nitrogen and oxygen atoms in total. The van der Waals surface area contributed by atoms with E-state index in [9.17, 15) is 4.39 Å². The van der Waals surface area contributed by atoms with Crippen LogP contribution in [-0.2, 0) is 12.0 Å². The maximum absolute atomic E-state index is 13.6. The Labute approximate surface area is 134 Å². The van der Waals surface area contributed by atoms with Crippen molar-refractivity contribution in [1.82, 2.24) is 0 Å². The summed E-state index contributed by atoms with van der Waals surface area (Å²) in [5, 5.41) is 0.426. The van der Waals surface area contributed by atoms with Gasteiger partial charge in [0.05, 0.1) is 5.02 Å². The topological polar surface area (TPSA) is 26.0 Å². The number of halogens is 3.